The Kier molecular flexibility index (Phi) is 3.17. The number of aromatic nitrogens is 2. The lowest BCUT2D eigenvalue weighted by molar-refractivity contribution is 0.434. The Morgan fingerprint density at radius 3 is 3.05 bits per heavy atom. The van der Waals surface area contributed by atoms with Crippen LogP contribution in [0, 0.1) is 12.8 Å². The second-order valence-electron chi connectivity index (χ2n) is 5.34. The van der Waals surface area contributed by atoms with E-state index >= 15 is 0 Å². The molecule has 0 saturated carbocycles. The van der Waals surface area contributed by atoms with Crippen LogP contribution in [-0.2, 0) is 19.4 Å². The van der Waals surface area contributed by atoms with Gasteiger partial charge in [0.05, 0.1) is 11.9 Å². The van der Waals surface area contributed by atoms with E-state index in [9.17, 15) is 9.18 Å². The number of alkyl halides is 1. The first kappa shape index (κ1) is 12.8. The highest BCUT2D eigenvalue weighted by molar-refractivity contribution is 7.18. The van der Waals surface area contributed by atoms with Crippen molar-refractivity contribution in [2.24, 2.45) is 5.92 Å². The topological polar surface area (TPSA) is 34.9 Å². The number of nitrogens with zero attached hydrogens (tertiary/aromatic N) is 2. The molecule has 19 heavy (non-hydrogen) atoms. The van der Waals surface area contributed by atoms with Gasteiger partial charge in [-0.25, -0.2) is 9.37 Å². The van der Waals surface area contributed by atoms with Gasteiger partial charge in [0.15, 0.2) is 0 Å². The van der Waals surface area contributed by atoms with Crippen molar-refractivity contribution in [3.8, 4) is 0 Å². The normalized spacial score (nSPS) is 18.8. The summed E-state index contributed by atoms with van der Waals surface area (Å²) in [6.07, 6.45) is 3.11. The van der Waals surface area contributed by atoms with Crippen molar-refractivity contribution in [1.29, 1.82) is 0 Å². The van der Waals surface area contributed by atoms with Gasteiger partial charge >= 0.3 is 0 Å². The van der Waals surface area contributed by atoms with E-state index in [1.807, 2.05) is 0 Å². The second-order valence-corrected chi connectivity index (χ2v) is 6.42. The molecule has 1 unspecified atom stereocenters. The smallest absolute Gasteiger partial charge is 0.262 e. The molecular weight excluding hydrogens is 263 g/mol. The Balaban J connectivity index is 2.27. The predicted molar refractivity (Wildman–Crippen MR) is 75.8 cm³/mol. The van der Waals surface area contributed by atoms with Crippen LogP contribution in [0.15, 0.2) is 4.79 Å². The van der Waals surface area contributed by atoms with E-state index in [1.165, 1.54) is 15.0 Å². The lowest BCUT2D eigenvalue weighted by Gasteiger charge is -2.17. The summed E-state index contributed by atoms with van der Waals surface area (Å²) in [6, 6.07) is 0. The van der Waals surface area contributed by atoms with Gasteiger partial charge < -0.3 is 0 Å². The predicted octanol–water partition coefficient (Wildman–Crippen LogP) is 2.86. The number of thiophene rings is 1. The summed E-state index contributed by atoms with van der Waals surface area (Å²) in [5.74, 6) is 1.29. The van der Waals surface area contributed by atoms with Crippen molar-refractivity contribution in [1.82, 2.24) is 9.55 Å². The van der Waals surface area contributed by atoms with Gasteiger partial charge in [-0.3, -0.25) is 9.36 Å². The monoisotopic (exact) mass is 280 g/mol. The molecule has 0 fully saturated rings. The zero-order valence-electron chi connectivity index (χ0n) is 11.2. The van der Waals surface area contributed by atoms with Crippen LogP contribution in [0.25, 0.3) is 10.2 Å². The number of rotatable bonds is 2. The molecule has 0 spiro atoms. The summed E-state index contributed by atoms with van der Waals surface area (Å²) in [5.41, 5.74) is 1.11. The summed E-state index contributed by atoms with van der Waals surface area (Å²) in [7, 11) is 0. The van der Waals surface area contributed by atoms with Gasteiger partial charge in [0.1, 0.15) is 17.3 Å². The number of hydrogen-bond donors (Lipinski definition) is 0. The molecule has 0 radical (unpaired) electrons. The number of hydrogen-bond acceptors (Lipinski definition) is 3. The van der Waals surface area contributed by atoms with Crippen molar-refractivity contribution >= 4 is 21.6 Å². The van der Waals surface area contributed by atoms with Crippen LogP contribution in [-0.4, -0.2) is 16.2 Å². The highest BCUT2D eigenvalue weighted by atomic mass is 32.1. The molecule has 0 amide bonds. The maximum Gasteiger partial charge on any atom is 0.262 e. The van der Waals surface area contributed by atoms with Crippen LogP contribution in [0.4, 0.5) is 4.39 Å². The minimum atomic E-state index is -0.530. The first-order valence-corrected chi connectivity index (χ1v) is 7.51. The standard InChI is InChI=1S/C14H17FN2OS/c1-8-3-4-10-11(7-8)19-13-12(10)14(18)17(6-5-15)9(2)16-13/h8H,3-7H2,1-2H3. The summed E-state index contributed by atoms with van der Waals surface area (Å²) in [4.78, 5) is 19.1. The van der Waals surface area contributed by atoms with Gasteiger partial charge in [-0.1, -0.05) is 6.92 Å². The van der Waals surface area contributed by atoms with Crippen LogP contribution in [0.2, 0.25) is 0 Å². The zero-order valence-corrected chi connectivity index (χ0v) is 12.0. The van der Waals surface area contributed by atoms with Gasteiger partial charge in [-0.2, -0.15) is 0 Å². The number of aryl methyl sites for hydroxylation is 2. The van der Waals surface area contributed by atoms with Gasteiger partial charge in [-0.05, 0) is 37.7 Å². The molecule has 0 bridgehead atoms. The third-order valence-corrected chi connectivity index (χ3v) is 5.06. The fourth-order valence-electron chi connectivity index (χ4n) is 2.87. The lowest BCUT2D eigenvalue weighted by Crippen LogP contribution is -2.25. The molecule has 2 heterocycles. The molecule has 1 aliphatic carbocycles. The van der Waals surface area contributed by atoms with E-state index in [4.69, 9.17) is 0 Å². The number of halogens is 1. The van der Waals surface area contributed by atoms with Crippen LogP contribution in [0.5, 0.6) is 0 Å². The highest BCUT2D eigenvalue weighted by Crippen LogP contribution is 2.35. The fraction of sp³-hybridized carbons (Fsp3) is 0.571. The molecule has 5 heteroatoms. The summed E-state index contributed by atoms with van der Waals surface area (Å²) in [6.45, 7) is 3.59. The Bertz CT molecular complexity index is 689. The van der Waals surface area contributed by atoms with Gasteiger partial charge in [0.2, 0.25) is 0 Å². The van der Waals surface area contributed by atoms with E-state index in [2.05, 4.69) is 11.9 Å². The minimum absolute atomic E-state index is 0.0628. The van der Waals surface area contributed by atoms with E-state index in [0.717, 1.165) is 29.5 Å². The summed E-state index contributed by atoms with van der Waals surface area (Å²) in [5, 5.41) is 0.742. The molecule has 1 aliphatic rings. The summed E-state index contributed by atoms with van der Waals surface area (Å²) >= 11 is 1.64. The molecule has 1 atom stereocenters. The Labute approximate surface area is 115 Å². The Hall–Kier alpha value is -1.23. The first-order chi connectivity index (χ1) is 9.11. The van der Waals surface area contributed by atoms with Gasteiger partial charge in [-0.15, -0.1) is 11.3 Å². The molecule has 3 rings (SSSR count). The quantitative estimate of drug-likeness (QED) is 0.848. The summed E-state index contributed by atoms with van der Waals surface area (Å²) < 4.78 is 14.0. The maximum absolute atomic E-state index is 12.6. The highest BCUT2D eigenvalue weighted by Gasteiger charge is 2.23. The average molecular weight is 280 g/mol. The van der Waals surface area contributed by atoms with Crippen molar-refractivity contribution in [3.05, 3.63) is 26.6 Å². The van der Waals surface area contributed by atoms with Crippen molar-refractivity contribution in [2.75, 3.05) is 6.67 Å². The molecule has 0 N–H and O–H groups in total. The van der Waals surface area contributed by atoms with E-state index in [0.29, 0.717) is 11.7 Å². The number of fused-ring (bicyclic) bond motifs is 3. The minimum Gasteiger partial charge on any atom is -0.294 e. The van der Waals surface area contributed by atoms with Crippen LogP contribution < -0.4 is 5.56 Å². The van der Waals surface area contributed by atoms with E-state index in [1.54, 1.807) is 18.3 Å². The Morgan fingerprint density at radius 2 is 2.32 bits per heavy atom. The second kappa shape index (κ2) is 4.71. The first-order valence-electron chi connectivity index (χ1n) is 6.69. The van der Waals surface area contributed by atoms with Crippen molar-refractivity contribution in [3.63, 3.8) is 0 Å². The third-order valence-electron chi connectivity index (χ3n) is 3.91. The van der Waals surface area contributed by atoms with Gasteiger partial charge in [0, 0.05) is 4.88 Å². The van der Waals surface area contributed by atoms with E-state index < -0.39 is 6.67 Å². The molecule has 2 aromatic heterocycles. The Morgan fingerprint density at radius 1 is 1.53 bits per heavy atom. The SMILES string of the molecule is Cc1nc2sc3c(c2c(=O)n1CCF)CCC(C)C3. The van der Waals surface area contributed by atoms with Crippen LogP contribution in [0.3, 0.4) is 0 Å². The lowest BCUT2D eigenvalue weighted by atomic mass is 9.89. The van der Waals surface area contributed by atoms with Crippen molar-refractivity contribution < 1.29 is 4.39 Å². The molecule has 3 nitrogen and oxygen atoms in total. The van der Waals surface area contributed by atoms with Crippen molar-refractivity contribution in [2.45, 2.75) is 39.7 Å². The zero-order chi connectivity index (χ0) is 13.6. The third kappa shape index (κ3) is 2.00. The largest absolute Gasteiger partial charge is 0.294 e. The van der Waals surface area contributed by atoms with E-state index in [-0.39, 0.29) is 12.1 Å². The van der Waals surface area contributed by atoms with Crippen LogP contribution >= 0.6 is 11.3 Å². The van der Waals surface area contributed by atoms with Gasteiger partial charge in [0.25, 0.3) is 5.56 Å². The maximum atomic E-state index is 12.6. The average Bonchev–Trinajstić information content (AvgIpc) is 2.71. The molecule has 0 aliphatic heterocycles. The molecule has 102 valence electrons. The fourth-order valence-corrected chi connectivity index (χ4v) is 4.29. The molecule has 0 aromatic carbocycles. The molecule has 0 saturated heterocycles. The molecule has 2 aromatic rings. The molecular formula is C14H17FN2OS. The van der Waals surface area contributed by atoms with Crippen LogP contribution in [0.1, 0.15) is 29.6 Å².